The van der Waals surface area contributed by atoms with Crippen LogP contribution in [0.25, 0.3) is 0 Å². The molecule has 0 radical (unpaired) electrons. The van der Waals surface area contributed by atoms with Gasteiger partial charge in [-0.15, -0.1) is 0 Å². The van der Waals surface area contributed by atoms with Crippen molar-refractivity contribution in [3.05, 3.63) is 29.3 Å². The number of carbonyl (C=O) groups is 1. The molecule has 7 nitrogen and oxygen atoms in total. The Bertz CT molecular complexity index is 776. The molecule has 1 saturated heterocycles. The Morgan fingerprint density at radius 3 is 2.88 bits per heavy atom. The van der Waals surface area contributed by atoms with Crippen molar-refractivity contribution < 1.29 is 9.53 Å². The summed E-state index contributed by atoms with van der Waals surface area (Å²) in [6.45, 7) is 5.12. The molecule has 1 aliphatic rings. The highest BCUT2D eigenvalue weighted by Crippen LogP contribution is 2.38. The van der Waals surface area contributed by atoms with E-state index in [1.54, 1.807) is 12.4 Å². The van der Waals surface area contributed by atoms with Crippen molar-refractivity contribution in [3.63, 3.8) is 0 Å². The van der Waals surface area contributed by atoms with Crippen LogP contribution in [0.5, 0.6) is 0 Å². The molecule has 0 saturated carbocycles. The molecule has 1 atom stereocenters. The summed E-state index contributed by atoms with van der Waals surface area (Å²) in [5, 5.41) is 5.29. The van der Waals surface area contributed by atoms with Gasteiger partial charge in [-0.2, -0.15) is 5.10 Å². The Morgan fingerprint density at radius 2 is 2.20 bits per heavy atom. The number of nitrogens with zero attached hydrogens (tertiary/aromatic N) is 5. The molecule has 134 valence electrons. The lowest BCUT2D eigenvalue weighted by Crippen LogP contribution is -2.24. The van der Waals surface area contributed by atoms with Crippen molar-refractivity contribution >= 4 is 23.5 Å². The van der Waals surface area contributed by atoms with Gasteiger partial charge in [-0.3, -0.25) is 14.5 Å². The van der Waals surface area contributed by atoms with E-state index in [2.05, 4.69) is 33.6 Å². The number of esters is 1. The number of hydrogen-bond acceptors (Lipinski definition) is 7. The fourth-order valence-electron chi connectivity index (χ4n) is 3.35. The van der Waals surface area contributed by atoms with E-state index in [1.165, 1.54) is 30.1 Å². The Hall–Kier alpha value is -2.09. The number of carbonyl (C=O) groups excluding carboxylic acids is 1. The van der Waals surface area contributed by atoms with E-state index in [0.29, 0.717) is 0 Å². The molecule has 1 fully saturated rings. The SMILES string of the molecule is COC(=O)CSc1cncc(N2CCCC2c2c(C)nn(C)c2C)n1. The third-order valence-electron chi connectivity index (χ3n) is 4.61. The molecule has 0 aliphatic carbocycles. The zero-order chi connectivity index (χ0) is 18.0. The fourth-order valence-corrected chi connectivity index (χ4v) is 4.03. The van der Waals surface area contributed by atoms with Gasteiger partial charge in [-0.25, -0.2) is 4.98 Å². The smallest absolute Gasteiger partial charge is 0.316 e. The first-order valence-corrected chi connectivity index (χ1v) is 9.28. The monoisotopic (exact) mass is 361 g/mol. The number of hydrogen-bond donors (Lipinski definition) is 0. The van der Waals surface area contributed by atoms with Gasteiger partial charge < -0.3 is 9.64 Å². The summed E-state index contributed by atoms with van der Waals surface area (Å²) in [4.78, 5) is 22.6. The van der Waals surface area contributed by atoms with Gasteiger partial charge in [0.1, 0.15) is 10.8 Å². The minimum atomic E-state index is -0.266. The first kappa shape index (κ1) is 17.7. The van der Waals surface area contributed by atoms with Gasteiger partial charge in [0, 0.05) is 24.8 Å². The molecule has 0 amide bonds. The molecule has 0 bridgehead atoms. The molecule has 25 heavy (non-hydrogen) atoms. The first-order valence-electron chi connectivity index (χ1n) is 8.29. The highest BCUT2D eigenvalue weighted by Gasteiger charge is 2.31. The molecule has 0 spiro atoms. The van der Waals surface area contributed by atoms with Crippen molar-refractivity contribution in [3.8, 4) is 0 Å². The average Bonchev–Trinajstić information content (AvgIpc) is 3.17. The molecule has 2 aromatic rings. The van der Waals surface area contributed by atoms with E-state index < -0.39 is 0 Å². The van der Waals surface area contributed by atoms with Gasteiger partial charge in [0.15, 0.2) is 0 Å². The van der Waals surface area contributed by atoms with Gasteiger partial charge in [-0.1, -0.05) is 11.8 Å². The van der Waals surface area contributed by atoms with Crippen LogP contribution in [0, 0.1) is 13.8 Å². The molecule has 0 aromatic carbocycles. The van der Waals surface area contributed by atoms with Gasteiger partial charge in [0.2, 0.25) is 0 Å². The van der Waals surface area contributed by atoms with E-state index in [1.807, 2.05) is 11.7 Å². The van der Waals surface area contributed by atoms with Crippen LogP contribution in [0.15, 0.2) is 17.4 Å². The highest BCUT2D eigenvalue weighted by molar-refractivity contribution is 7.99. The molecule has 3 heterocycles. The second-order valence-corrected chi connectivity index (χ2v) is 7.14. The predicted octanol–water partition coefficient (Wildman–Crippen LogP) is 2.43. The largest absolute Gasteiger partial charge is 0.468 e. The van der Waals surface area contributed by atoms with E-state index in [0.717, 1.165) is 35.9 Å². The summed E-state index contributed by atoms with van der Waals surface area (Å²) < 4.78 is 6.62. The van der Waals surface area contributed by atoms with E-state index in [-0.39, 0.29) is 17.8 Å². The fraction of sp³-hybridized carbons (Fsp3) is 0.529. The van der Waals surface area contributed by atoms with Crippen molar-refractivity contribution in [2.24, 2.45) is 7.05 Å². The van der Waals surface area contributed by atoms with Crippen LogP contribution >= 0.6 is 11.8 Å². The number of ether oxygens (including phenoxy) is 1. The Labute approximate surface area is 151 Å². The minimum absolute atomic E-state index is 0.235. The maximum Gasteiger partial charge on any atom is 0.316 e. The maximum atomic E-state index is 11.3. The lowest BCUT2D eigenvalue weighted by molar-refractivity contribution is -0.137. The normalized spacial score (nSPS) is 17.1. The van der Waals surface area contributed by atoms with Gasteiger partial charge in [0.25, 0.3) is 0 Å². The summed E-state index contributed by atoms with van der Waals surface area (Å²) in [5.41, 5.74) is 3.55. The Kier molecular flexibility index (Phi) is 5.27. The van der Waals surface area contributed by atoms with Gasteiger partial charge in [-0.05, 0) is 26.7 Å². The molecule has 3 rings (SSSR count). The zero-order valence-electron chi connectivity index (χ0n) is 15.0. The maximum absolute atomic E-state index is 11.3. The number of aromatic nitrogens is 4. The topological polar surface area (TPSA) is 73.1 Å². The molecule has 8 heteroatoms. The molecular formula is C17H23N5O2S. The van der Waals surface area contributed by atoms with E-state index in [9.17, 15) is 4.79 Å². The van der Waals surface area contributed by atoms with Crippen molar-refractivity contribution in [2.75, 3.05) is 24.3 Å². The zero-order valence-corrected chi connectivity index (χ0v) is 15.8. The second-order valence-electron chi connectivity index (χ2n) is 6.14. The second kappa shape index (κ2) is 7.43. The van der Waals surface area contributed by atoms with Crippen LogP contribution < -0.4 is 4.90 Å². The lowest BCUT2D eigenvalue weighted by atomic mass is 10.0. The van der Waals surface area contributed by atoms with Crippen LogP contribution in [0.4, 0.5) is 5.82 Å². The summed E-state index contributed by atoms with van der Waals surface area (Å²) in [6, 6.07) is 0.267. The Balaban J connectivity index is 1.84. The van der Waals surface area contributed by atoms with E-state index >= 15 is 0 Å². The van der Waals surface area contributed by atoms with Crippen LogP contribution in [-0.2, 0) is 16.6 Å². The molecule has 2 aromatic heterocycles. The first-order chi connectivity index (χ1) is 12.0. The lowest BCUT2D eigenvalue weighted by Gasteiger charge is -2.26. The van der Waals surface area contributed by atoms with Gasteiger partial charge in [0.05, 0.1) is 37.0 Å². The van der Waals surface area contributed by atoms with Gasteiger partial charge >= 0.3 is 5.97 Å². The molecule has 1 unspecified atom stereocenters. The van der Waals surface area contributed by atoms with E-state index in [4.69, 9.17) is 4.98 Å². The number of methoxy groups -OCH3 is 1. The summed E-state index contributed by atoms with van der Waals surface area (Å²) >= 11 is 1.34. The third kappa shape index (κ3) is 3.63. The van der Waals surface area contributed by atoms with Crippen LogP contribution in [-0.4, -0.2) is 45.1 Å². The summed E-state index contributed by atoms with van der Waals surface area (Å²) in [6.07, 6.45) is 5.67. The van der Waals surface area contributed by atoms with Crippen LogP contribution in [0.2, 0.25) is 0 Å². The number of aryl methyl sites for hydroxylation is 2. The number of anilines is 1. The predicted molar refractivity (Wildman–Crippen MR) is 96.8 cm³/mol. The van der Waals surface area contributed by atoms with Crippen molar-refractivity contribution in [1.29, 1.82) is 0 Å². The molecular weight excluding hydrogens is 338 g/mol. The standard InChI is InChI=1S/C17H23N5O2S/c1-11-17(12(2)21(3)20-11)13-6-5-7-22(13)14-8-18-9-15(19-14)25-10-16(23)24-4/h8-9,13H,5-7,10H2,1-4H3. The quantitative estimate of drug-likeness (QED) is 0.598. The molecule has 1 aliphatic heterocycles. The molecule has 0 N–H and O–H groups in total. The van der Waals surface area contributed by atoms with Crippen LogP contribution in [0.3, 0.4) is 0 Å². The summed E-state index contributed by atoms with van der Waals surface area (Å²) in [7, 11) is 3.37. The van der Waals surface area contributed by atoms with Crippen molar-refractivity contribution in [2.45, 2.75) is 37.8 Å². The highest BCUT2D eigenvalue weighted by atomic mass is 32.2. The summed E-state index contributed by atoms with van der Waals surface area (Å²) in [5.74, 6) is 0.816. The number of rotatable bonds is 5. The third-order valence-corrected chi connectivity index (χ3v) is 5.48. The average molecular weight is 361 g/mol. The van der Waals surface area contributed by atoms with Crippen LogP contribution in [0.1, 0.15) is 35.8 Å². The minimum Gasteiger partial charge on any atom is -0.468 e. The number of thioether (sulfide) groups is 1. The Morgan fingerprint density at radius 1 is 1.40 bits per heavy atom. The van der Waals surface area contributed by atoms with Crippen molar-refractivity contribution in [1.82, 2.24) is 19.7 Å².